The molecule has 0 atom stereocenters. The lowest BCUT2D eigenvalue weighted by Gasteiger charge is -2.07. The van der Waals surface area contributed by atoms with E-state index in [2.05, 4.69) is 71.7 Å². The van der Waals surface area contributed by atoms with Crippen LogP contribution >= 0.6 is 0 Å². The smallest absolute Gasteiger partial charge is 0.241 e. The number of aliphatic imine (C=N–C) groups is 1. The number of rotatable bonds is 7. The van der Waals surface area contributed by atoms with Gasteiger partial charge in [0.15, 0.2) is 6.20 Å². The number of pyridine rings is 1. The average molecular weight is 369 g/mol. The van der Waals surface area contributed by atoms with Crippen LogP contribution in [0.15, 0.2) is 90.7 Å². The molecule has 3 nitrogen and oxygen atoms in total. The number of benzene rings is 2. The highest BCUT2D eigenvalue weighted by Gasteiger charge is 2.13. The fourth-order valence-corrected chi connectivity index (χ4v) is 3.04. The zero-order valence-electron chi connectivity index (χ0n) is 16.5. The molecule has 1 N–H and O–H groups in total. The Balaban J connectivity index is 1.68. The molecule has 0 spiro atoms. The minimum Gasteiger partial charge on any atom is -0.361 e. The zero-order chi connectivity index (χ0) is 19.8. The van der Waals surface area contributed by atoms with Crippen molar-refractivity contribution in [3.8, 4) is 11.3 Å². The second kappa shape index (κ2) is 9.47. The van der Waals surface area contributed by atoms with Crippen molar-refractivity contribution in [1.82, 2.24) is 0 Å². The lowest BCUT2D eigenvalue weighted by molar-refractivity contribution is -0.684. The molecule has 1 heterocycles. The first-order chi connectivity index (χ1) is 13.7. The highest BCUT2D eigenvalue weighted by Crippen LogP contribution is 2.21. The second-order valence-corrected chi connectivity index (χ2v) is 6.57. The topological polar surface area (TPSA) is 28.3 Å². The molecule has 140 valence electrons. The monoisotopic (exact) mass is 368 g/mol. The van der Waals surface area contributed by atoms with Crippen LogP contribution in [0.5, 0.6) is 0 Å². The Morgan fingerprint density at radius 3 is 2.68 bits per heavy atom. The molecule has 3 rings (SSSR count). The lowest BCUT2D eigenvalue weighted by atomic mass is 10.0. The molecule has 0 amide bonds. The predicted octanol–water partition coefficient (Wildman–Crippen LogP) is 5.56. The molecule has 0 aliphatic carbocycles. The molecule has 28 heavy (non-hydrogen) atoms. The van der Waals surface area contributed by atoms with E-state index in [1.807, 2.05) is 55.0 Å². The molecule has 0 fully saturated rings. The van der Waals surface area contributed by atoms with E-state index >= 15 is 0 Å². The van der Waals surface area contributed by atoms with Crippen molar-refractivity contribution in [2.45, 2.75) is 20.5 Å². The van der Waals surface area contributed by atoms with Gasteiger partial charge in [-0.2, -0.15) is 4.57 Å². The van der Waals surface area contributed by atoms with Gasteiger partial charge in [-0.3, -0.25) is 0 Å². The largest absolute Gasteiger partial charge is 0.361 e. The summed E-state index contributed by atoms with van der Waals surface area (Å²) in [5, 5.41) is 3.32. The first kappa shape index (κ1) is 19.3. The maximum atomic E-state index is 4.54. The lowest BCUT2D eigenvalue weighted by Crippen LogP contribution is -2.35. The third kappa shape index (κ3) is 4.63. The molecule has 0 saturated carbocycles. The number of aromatic nitrogens is 1. The van der Waals surface area contributed by atoms with Crippen molar-refractivity contribution in [2.75, 3.05) is 5.32 Å². The molecule has 3 heteroatoms. The van der Waals surface area contributed by atoms with Gasteiger partial charge in [-0.15, -0.1) is 0 Å². The molecule has 0 radical (unpaired) electrons. The summed E-state index contributed by atoms with van der Waals surface area (Å²) in [7, 11) is 0. The summed E-state index contributed by atoms with van der Waals surface area (Å²) in [5.41, 5.74) is 7.04. The highest BCUT2D eigenvalue weighted by molar-refractivity contribution is 5.72. The fraction of sp³-hybridized carbons (Fsp3) is 0.120. The quantitative estimate of drug-likeness (QED) is 0.429. The van der Waals surface area contributed by atoms with Crippen LogP contribution in [0.1, 0.15) is 16.7 Å². The van der Waals surface area contributed by atoms with Crippen LogP contribution in [-0.2, 0) is 6.67 Å². The van der Waals surface area contributed by atoms with E-state index in [-0.39, 0.29) is 0 Å². The van der Waals surface area contributed by atoms with Crippen molar-refractivity contribution in [3.63, 3.8) is 0 Å². The van der Waals surface area contributed by atoms with Crippen LogP contribution in [-0.4, -0.2) is 6.21 Å². The first-order valence-corrected chi connectivity index (χ1v) is 9.38. The van der Waals surface area contributed by atoms with Crippen LogP contribution < -0.4 is 9.88 Å². The van der Waals surface area contributed by atoms with E-state index in [1.54, 1.807) is 0 Å². The van der Waals surface area contributed by atoms with E-state index in [0.717, 1.165) is 22.5 Å². The number of aryl methyl sites for hydroxylation is 1. The summed E-state index contributed by atoms with van der Waals surface area (Å²) in [6, 6.07) is 20.7. The Labute approximate surface area is 167 Å². The molecular formula is C25H26N3+. The van der Waals surface area contributed by atoms with Crippen LogP contribution in [0.4, 0.5) is 5.69 Å². The minimum atomic E-state index is 0.551. The SMILES string of the molecule is C=Cc1ccccc1-c1cccc[n+]1CN=C/C=C\Nc1cccc(C)c1C. The molecule has 0 unspecified atom stereocenters. The van der Waals surface area contributed by atoms with E-state index in [9.17, 15) is 0 Å². The van der Waals surface area contributed by atoms with Crippen molar-refractivity contribution in [3.05, 3.63) is 102 Å². The van der Waals surface area contributed by atoms with E-state index in [0.29, 0.717) is 6.67 Å². The molecule has 0 bridgehead atoms. The number of anilines is 1. The summed E-state index contributed by atoms with van der Waals surface area (Å²) >= 11 is 0. The van der Waals surface area contributed by atoms with Gasteiger partial charge in [0, 0.05) is 30.2 Å². The Hall–Kier alpha value is -3.46. The third-order valence-corrected chi connectivity index (χ3v) is 4.76. The Morgan fingerprint density at radius 1 is 1.00 bits per heavy atom. The van der Waals surface area contributed by atoms with Gasteiger partial charge in [-0.25, -0.2) is 4.99 Å². The number of nitrogens with zero attached hydrogens (tertiary/aromatic N) is 2. The van der Waals surface area contributed by atoms with Gasteiger partial charge in [0.2, 0.25) is 12.4 Å². The summed E-state index contributed by atoms with van der Waals surface area (Å²) in [5.74, 6) is 0. The minimum absolute atomic E-state index is 0.551. The molecule has 0 aliphatic rings. The fourth-order valence-electron chi connectivity index (χ4n) is 3.04. The first-order valence-electron chi connectivity index (χ1n) is 9.38. The summed E-state index contributed by atoms with van der Waals surface area (Å²) in [6.07, 6.45) is 9.58. The number of nitrogens with one attached hydrogen (secondary N) is 1. The van der Waals surface area contributed by atoms with Crippen molar-refractivity contribution < 1.29 is 4.57 Å². The molecular weight excluding hydrogens is 342 g/mol. The third-order valence-electron chi connectivity index (χ3n) is 4.76. The molecule has 0 saturated heterocycles. The van der Waals surface area contributed by atoms with E-state index in [1.165, 1.54) is 11.1 Å². The summed E-state index contributed by atoms with van der Waals surface area (Å²) in [6.45, 7) is 8.71. The van der Waals surface area contributed by atoms with Crippen LogP contribution in [0.3, 0.4) is 0 Å². The number of allylic oxidation sites excluding steroid dienone is 1. The number of hydrogen-bond donors (Lipinski definition) is 1. The maximum Gasteiger partial charge on any atom is 0.241 e. The number of hydrogen-bond acceptors (Lipinski definition) is 2. The standard InChI is InChI=1S/C25H26N3/c1-4-22-12-5-6-13-23(22)25-15-7-8-18-28(25)19-26-16-10-17-27-24-14-9-11-20(2)21(24)3/h4-18,27H,1,19H2,2-3H3/q+1/b17-10-,26-16?. The molecule has 1 aromatic heterocycles. The maximum absolute atomic E-state index is 4.54. The van der Waals surface area contributed by atoms with Gasteiger partial charge < -0.3 is 5.32 Å². The van der Waals surface area contributed by atoms with E-state index in [4.69, 9.17) is 0 Å². The average Bonchev–Trinajstić information content (AvgIpc) is 2.73. The predicted molar refractivity (Wildman–Crippen MR) is 119 cm³/mol. The Morgan fingerprint density at radius 2 is 1.82 bits per heavy atom. The molecule has 0 aliphatic heterocycles. The van der Waals surface area contributed by atoms with Gasteiger partial charge >= 0.3 is 0 Å². The van der Waals surface area contributed by atoms with Crippen LogP contribution in [0.2, 0.25) is 0 Å². The zero-order valence-corrected chi connectivity index (χ0v) is 16.5. The van der Waals surface area contributed by atoms with Crippen molar-refractivity contribution in [2.24, 2.45) is 4.99 Å². The van der Waals surface area contributed by atoms with E-state index < -0.39 is 0 Å². The molecule has 3 aromatic rings. The van der Waals surface area contributed by atoms with Crippen LogP contribution in [0.25, 0.3) is 17.3 Å². The van der Waals surface area contributed by atoms with Gasteiger partial charge in [0.1, 0.15) is 0 Å². The highest BCUT2D eigenvalue weighted by atomic mass is 15.1. The van der Waals surface area contributed by atoms with Crippen molar-refractivity contribution in [1.29, 1.82) is 0 Å². The Bertz CT molecular complexity index is 1020. The summed E-state index contributed by atoms with van der Waals surface area (Å²) < 4.78 is 2.13. The van der Waals surface area contributed by atoms with Gasteiger partial charge in [-0.1, -0.05) is 43.0 Å². The normalized spacial score (nSPS) is 11.2. The summed E-state index contributed by atoms with van der Waals surface area (Å²) in [4.78, 5) is 4.54. The van der Waals surface area contributed by atoms with Gasteiger partial charge in [0.05, 0.1) is 5.56 Å². The van der Waals surface area contributed by atoms with Gasteiger partial charge in [-0.05, 0) is 54.8 Å². The Kier molecular flexibility index (Phi) is 6.53. The van der Waals surface area contributed by atoms with Crippen LogP contribution in [0, 0.1) is 13.8 Å². The van der Waals surface area contributed by atoms with Crippen molar-refractivity contribution >= 4 is 18.0 Å². The second-order valence-electron chi connectivity index (χ2n) is 6.57. The van der Waals surface area contributed by atoms with Gasteiger partial charge in [0.25, 0.3) is 0 Å². The molecule has 2 aromatic carbocycles.